The average molecular weight is 280 g/mol. The van der Waals surface area contributed by atoms with Gasteiger partial charge in [0.15, 0.2) is 5.65 Å². The number of fused-ring (bicyclic) bond motifs is 1. The SMILES string of the molecule is Cc1ccc(C(=O)Nc2cc(C)c3nc(C)nn3c2)cc1. The van der Waals surface area contributed by atoms with Gasteiger partial charge in [-0.1, -0.05) is 17.7 Å². The lowest BCUT2D eigenvalue weighted by Gasteiger charge is -2.07. The van der Waals surface area contributed by atoms with Gasteiger partial charge in [-0.25, -0.2) is 9.50 Å². The van der Waals surface area contributed by atoms with Crippen LogP contribution in [0.5, 0.6) is 0 Å². The summed E-state index contributed by atoms with van der Waals surface area (Å²) in [5.41, 5.74) is 4.24. The molecule has 0 aliphatic rings. The number of amides is 1. The predicted octanol–water partition coefficient (Wildman–Crippen LogP) is 2.91. The van der Waals surface area contributed by atoms with E-state index in [-0.39, 0.29) is 5.91 Å². The Labute approximate surface area is 122 Å². The van der Waals surface area contributed by atoms with E-state index in [0.29, 0.717) is 17.1 Å². The molecule has 3 rings (SSSR count). The Bertz CT molecular complexity index is 818. The number of hydrogen-bond donors (Lipinski definition) is 1. The highest BCUT2D eigenvalue weighted by Gasteiger charge is 2.09. The zero-order valence-corrected chi connectivity index (χ0v) is 12.2. The fraction of sp³-hybridized carbons (Fsp3) is 0.188. The van der Waals surface area contributed by atoms with Crippen molar-refractivity contribution in [2.24, 2.45) is 0 Å². The smallest absolute Gasteiger partial charge is 0.255 e. The van der Waals surface area contributed by atoms with E-state index in [9.17, 15) is 4.79 Å². The maximum atomic E-state index is 12.2. The molecule has 106 valence electrons. The minimum absolute atomic E-state index is 0.134. The molecule has 21 heavy (non-hydrogen) atoms. The Hall–Kier alpha value is -2.69. The Morgan fingerprint density at radius 2 is 1.86 bits per heavy atom. The minimum Gasteiger partial charge on any atom is -0.321 e. The van der Waals surface area contributed by atoms with E-state index in [0.717, 1.165) is 16.8 Å². The van der Waals surface area contributed by atoms with Crippen LogP contribution in [0.2, 0.25) is 0 Å². The van der Waals surface area contributed by atoms with Crippen LogP contribution in [0.1, 0.15) is 27.3 Å². The molecule has 1 amide bonds. The van der Waals surface area contributed by atoms with Crippen LogP contribution in [0.3, 0.4) is 0 Å². The van der Waals surface area contributed by atoms with Gasteiger partial charge in [0.05, 0.1) is 11.9 Å². The van der Waals surface area contributed by atoms with Gasteiger partial charge in [-0.15, -0.1) is 0 Å². The van der Waals surface area contributed by atoms with Crippen LogP contribution < -0.4 is 5.32 Å². The molecule has 0 atom stereocenters. The summed E-state index contributed by atoms with van der Waals surface area (Å²) in [6, 6.07) is 9.37. The highest BCUT2D eigenvalue weighted by atomic mass is 16.1. The second-order valence-electron chi connectivity index (χ2n) is 5.16. The molecule has 0 fully saturated rings. The predicted molar refractivity (Wildman–Crippen MR) is 81.6 cm³/mol. The van der Waals surface area contributed by atoms with Crippen molar-refractivity contribution in [3.8, 4) is 0 Å². The summed E-state index contributed by atoms with van der Waals surface area (Å²) in [6.45, 7) is 5.79. The largest absolute Gasteiger partial charge is 0.321 e. The van der Waals surface area contributed by atoms with Crippen molar-refractivity contribution in [3.63, 3.8) is 0 Å². The molecule has 1 aromatic carbocycles. The summed E-state index contributed by atoms with van der Waals surface area (Å²) in [5.74, 6) is 0.575. The first-order valence-electron chi connectivity index (χ1n) is 6.74. The number of nitrogens with zero attached hydrogens (tertiary/aromatic N) is 3. The van der Waals surface area contributed by atoms with Crippen LogP contribution in [0.25, 0.3) is 5.65 Å². The lowest BCUT2D eigenvalue weighted by molar-refractivity contribution is 0.102. The maximum Gasteiger partial charge on any atom is 0.255 e. The van der Waals surface area contributed by atoms with Gasteiger partial charge in [0.2, 0.25) is 0 Å². The van der Waals surface area contributed by atoms with E-state index in [1.54, 1.807) is 10.7 Å². The molecular weight excluding hydrogens is 264 g/mol. The van der Waals surface area contributed by atoms with E-state index >= 15 is 0 Å². The molecule has 5 heteroatoms. The number of nitrogens with one attached hydrogen (secondary N) is 1. The number of aryl methyl sites for hydroxylation is 3. The van der Waals surface area contributed by atoms with Crippen molar-refractivity contribution in [1.82, 2.24) is 14.6 Å². The van der Waals surface area contributed by atoms with E-state index in [1.165, 1.54) is 0 Å². The summed E-state index contributed by atoms with van der Waals surface area (Å²) in [6.07, 6.45) is 1.77. The van der Waals surface area contributed by atoms with E-state index in [1.807, 2.05) is 51.1 Å². The zero-order chi connectivity index (χ0) is 15.0. The number of carbonyl (C=O) groups is 1. The topological polar surface area (TPSA) is 59.3 Å². The number of carbonyl (C=O) groups excluding carboxylic acids is 1. The number of rotatable bonds is 2. The molecule has 0 saturated carbocycles. The average Bonchev–Trinajstić information content (AvgIpc) is 2.80. The Balaban J connectivity index is 1.90. The zero-order valence-electron chi connectivity index (χ0n) is 12.2. The van der Waals surface area contributed by atoms with Crippen molar-refractivity contribution >= 4 is 17.2 Å². The third-order valence-electron chi connectivity index (χ3n) is 3.29. The normalized spacial score (nSPS) is 10.8. The van der Waals surface area contributed by atoms with Crippen molar-refractivity contribution in [2.45, 2.75) is 20.8 Å². The molecule has 0 bridgehead atoms. The van der Waals surface area contributed by atoms with E-state index in [4.69, 9.17) is 0 Å². The van der Waals surface area contributed by atoms with Gasteiger partial charge in [0, 0.05) is 5.56 Å². The van der Waals surface area contributed by atoms with Crippen LogP contribution in [0.4, 0.5) is 5.69 Å². The summed E-state index contributed by atoms with van der Waals surface area (Å²) >= 11 is 0. The molecule has 0 aliphatic heterocycles. The lowest BCUT2D eigenvalue weighted by atomic mass is 10.1. The van der Waals surface area contributed by atoms with Gasteiger partial charge in [-0.2, -0.15) is 5.10 Å². The molecule has 0 radical (unpaired) electrons. The van der Waals surface area contributed by atoms with Gasteiger partial charge in [-0.3, -0.25) is 4.79 Å². The second-order valence-corrected chi connectivity index (χ2v) is 5.16. The fourth-order valence-corrected chi connectivity index (χ4v) is 2.23. The first kappa shape index (κ1) is 13.3. The van der Waals surface area contributed by atoms with Gasteiger partial charge in [0.25, 0.3) is 5.91 Å². The van der Waals surface area contributed by atoms with Crippen LogP contribution in [-0.4, -0.2) is 20.5 Å². The third kappa shape index (κ3) is 2.63. The van der Waals surface area contributed by atoms with Gasteiger partial charge >= 0.3 is 0 Å². The molecule has 3 aromatic rings. The number of benzene rings is 1. The summed E-state index contributed by atoms with van der Waals surface area (Å²) in [7, 11) is 0. The van der Waals surface area contributed by atoms with Crippen LogP contribution in [0.15, 0.2) is 36.5 Å². The van der Waals surface area contributed by atoms with Crippen LogP contribution in [-0.2, 0) is 0 Å². The molecule has 0 aliphatic carbocycles. The number of pyridine rings is 1. The summed E-state index contributed by atoms with van der Waals surface area (Å²) in [5, 5.41) is 7.17. The minimum atomic E-state index is -0.134. The molecule has 5 nitrogen and oxygen atoms in total. The summed E-state index contributed by atoms with van der Waals surface area (Å²) < 4.78 is 1.69. The molecule has 0 spiro atoms. The standard InChI is InChI=1S/C16H16N4O/c1-10-4-6-13(7-5-10)16(21)18-14-8-11(2)15-17-12(3)19-20(15)9-14/h4-9H,1-3H3,(H,18,21). The van der Waals surface area contributed by atoms with Gasteiger partial charge < -0.3 is 5.32 Å². The lowest BCUT2D eigenvalue weighted by Crippen LogP contribution is -2.12. The fourth-order valence-electron chi connectivity index (χ4n) is 2.23. The second kappa shape index (κ2) is 5.01. The Morgan fingerprint density at radius 1 is 1.14 bits per heavy atom. The quantitative estimate of drug-likeness (QED) is 0.785. The number of aromatic nitrogens is 3. The Kier molecular flexibility index (Phi) is 3.17. The number of hydrogen-bond acceptors (Lipinski definition) is 3. The molecule has 2 aromatic heterocycles. The molecule has 0 saturated heterocycles. The molecule has 2 heterocycles. The Morgan fingerprint density at radius 3 is 2.57 bits per heavy atom. The molecule has 0 unspecified atom stereocenters. The van der Waals surface area contributed by atoms with Gasteiger partial charge in [0.1, 0.15) is 5.82 Å². The molecular formula is C16H16N4O. The number of anilines is 1. The van der Waals surface area contributed by atoms with Crippen molar-refractivity contribution in [1.29, 1.82) is 0 Å². The van der Waals surface area contributed by atoms with Crippen molar-refractivity contribution < 1.29 is 4.79 Å². The molecule has 1 N–H and O–H groups in total. The first-order chi connectivity index (χ1) is 10.0. The van der Waals surface area contributed by atoms with Crippen molar-refractivity contribution in [3.05, 3.63) is 59.0 Å². The highest BCUT2D eigenvalue weighted by Crippen LogP contribution is 2.16. The van der Waals surface area contributed by atoms with E-state index in [2.05, 4.69) is 15.4 Å². The van der Waals surface area contributed by atoms with Gasteiger partial charge in [-0.05, 0) is 44.5 Å². The monoisotopic (exact) mass is 280 g/mol. The van der Waals surface area contributed by atoms with E-state index < -0.39 is 0 Å². The summed E-state index contributed by atoms with van der Waals surface area (Å²) in [4.78, 5) is 16.6. The first-order valence-corrected chi connectivity index (χ1v) is 6.74. The maximum absolute atomic E-state index is 12.2. The van der Waals surface area contributed by atoms with Crippen molar-refractivity contribution in [2.75, 3.05) is 5.32 Å². The highest BCUT2D eigenvalue weighted by molar-refractivity contribution is 6.04. The third-order valence-corrected chi connectivity index (χ3v) is 3.29. The van der Waals surface area contributed by atoms with Crippen LogP contribution in [0, 0.1) is 20.8 Å². The van der Waals surface area contributed by atoms with Crippen LogP contribution >= 0.6 is 0 Å².